The monoisotopic (exact) mass is 729 g/mol. The Hall–Kier alpha value is -4.88. The van der Waals surface area contributed by atoms with Gasteiger partial charge in [-0.1, -0.05) is 138 Å². The van der Waals surface area contributed by atoms with Gasteiger partial charge in [0.15, 0.2) is 0 Å². The van der Waals surface area contributed by atoms with Crippen molar-refractivity contribution in [2.45, 2.75) is 108 Å². The van der Waals surface area contributed by atoms with Crippen molar-refractivity contribution in [1.82, 2.24) is 0 Å². The zero-order chi connectivity index (χ0) is 37.8. The summed E-state index contributed by atoms with van der Waals surface area (Å²) < 4.78 is 0. The fourth-order valence-corrected chi connectivity index (χ4v) is 12.4. The molecular formula is C55H55N. The molecule has 1 heteroatoms. The SMILES string of the molecule is CC1(C)c2ccc(-c3cccc4c3C(C)(C)c3ccccc3-4)cc2-c2ccc(N(c3ccc(C4CCCCC4)cc3)c3ccc(C4CC5CCC4C5)cc3)cc21. The Labute approximate surface area is 334 Å². The maximum absolute atomic E-state index is 2.52. The molecule has 0 radical (unpaired) electrons. The lowest BCUT2D eigenvalue weighted by Crippen LogP contribution is -2.17. The molecule has 3 atom stereocenters. The first-order chi connectivity index (χ1) is 27.3. The Morgan fingerprint density at radius 1 is 0.464 bits per heavy atom. The minimum absolute atomic E-state index is 0.0550. The average molecular weight is 730 g/mol. The van der Waals surface area contributed by atoms with Crippen LogP contribution in [0.25, 0.3) is 33.4 Å². The van der Waals surface area contributed by atoms with E-state index in [1.165, 1.54) is 136 Å². The van der Waals surface area contributed by atoms with Gasteiger partial charge in [0.1, 0.15) is 0 Å². The van der Waals surface area contributed by atoms with Crippen LogP contribution in [0, 0.1) is 11.8 Å². The maximum Gasteiger partial charge on any atom is 0.0465 e. The predicted molar refractivity (Wildman–Crippen MR) is 236 cm³/mol. The molecule has 2 bridgehead atoms. The summed E-state index contributed by atoms with van der Waals surface area (Å²) in [6.07, 6.45) is 12.5. The van der Waals surface area contributed by atoms with E-state index in [0.29, 0.717) is 5.92 Å². The third kappa shape index (κ3) is 5.25. The summed E-state index contributed by atoms with van der Waals surface area (Å²) in [5, 5.41) is 0. The summed E-state index contributed by atoms with van der Waals surface area (Å²) >= 11 is 0. The van der Waals surface area contributed by atoms with Crippen molar-refractivity contribution >= 4 is 17.1 Å². The lowest BCUT2D eigenvalue weighted by Gasteiger charge is -2.29. The van der Waals surface area contributed by atoms with E-state index in [2.05, 4.69) is 160 Å². The second kappa shape index (κ2) is 12.8. The standard InChI is InChI=1S/C55H55N/c1-54(2)51-30-23-40(44-14-10-15-47-45-13-8-9-16-50(45)55(3,4)53(44)47)33-49(51)46-29-28-43(34-52(46)54)56(41-24-19-37(20-25-41)36-11-6-5-7-12-36)42-26-21-38(22-27-42)48-32-35-17-18-39(48)31-35/h8-10,13-16,19-30,33-36,39,48H,5-7,11-12,17-18,31-32H2,1-4H3. The number of hydrogen-bond donors (Lipinski definition) is 0. The Kier molecular flexibility index (Phi) is 7.87. The Morgan fingerprint density at radius 2 is 1.12 bits per heavy atom. The first-order valence-corrected chi connectivity index (χ1v) is 21.8. The van der Waals surface area contributed by atoms with Crippen LogP contribution in [0.3, 0.4) is 0 Å². The van der Waals surface area contributed by atoms with Crippen LogP contribution in [0.4, 0.5) is 17.1 Å². The molecule has 3 fully saturated rings. The number of anilines is 3. The highest BCUT2D eigenvalue weighted by Gasteiger charge is 2.41. The van der Waals surface area contributed by atoms with E-state index in [-0.39, 0.29) is 10.8 Å². The third-order valence-electron chi connectivity index (χ3n) is 15.4. The van der Waals surface area contributed by atoms with Gasteiger partial charge in [-0.25, -0.2) is 0 Å². The number of hydrogen-bond acceptors (Lipinski definition) is 1. The van der Waals surface area contributed by atoms with E-state index in [1.54, 1.807) is 5.56 Å². The lowest BCUT2D eigenvalue weighted by molar-refractivity contribution is 0.420. The Bertz CT molecular complexity index is 2470. The van der Waals surface area contributed by atoms with Crippen molar-refractivity contribution in [2.24, 2.45) is 11.8 Å². The highest BCUT2D eigenvalue weighted by atomic mass is 15.1. The number of fused-ring (bicyclic) bond motifs is 8. The van der Waals surface area contributed by atoms with E-state index < -0.39 is 0 Å². The summed E-state index contributed by atoms with van der Waals surface area (Å²) in [7, 11) is 0. The predicted octanol–water partition coefficient (Wildman–Crippen LogP) is 15.4. The van der Waals surface area contributed by atoms with Gasteiger partial charge in [-0.05, 0) is 165 Å². The van der Waals surface area contributed by atoms with Gasteiger partial charge in [0, 0.05) is 27.9 Å². The molecule has 3 saturated carbocycles. The molecule has 0 heterocycles. The van der Waals surface area contributed by atoms with Gasteiger partial charge in [0.25, 0.3) is 0 Å². The smallest absolute Gasteiger partial charge is 0.0465 e. The zero-order valence-corrected chi connectivity index (χ0v) is 33.7. The van der Waals surface area contributed by atoms with E-state index >= 15 is 0 Å². The number of nitrogens with zero attached hydrogens (tertiary/aromatic N) is 1. The summed E-state index contributed by atoms with van der Waals surface area (Å²) in [4.78, 5) is 2.52. The molecule has 0 amide bonds. The van der Waals surface area contributed by atoms with Crippen LogP contribution < -0.4 is 4.90 Å². The van der Waals surface area contributed by atoms with Crippen LogP contribution in [0.2, 0.25) is 0 Å². The Morgan fingerprint density at radius 3 is 1.86 bits per heavy atom. The van der Waals surface area contributed by atoms with Crippen LogP contribution in [0.5, 0.6) is 0 Å². The zero-order valence-electron chi connectivity index (χ0n) is 33.7. The van der Waals surface area contributed by atoms with Gasteiger partial charge in [0.05, 0.1) is 0 Å². The van der Waals surface area contributed by atoms with Crippen molar-refractivity contribution in [3.63, 3.8) is 0 Å². The van der Waals surface area contributed by atoms with Crippen LogP contribution in [-0.4, -0.2) is 0 Å². The second-order valence-corrected chi connectivity index (χ2v) is 19.1. The largest absolute Gasteiger partial charge is 0.310 e. The topological polar surface area (TPSA) is 3.24 Å². The van der Waals surface area contributed by atoms with Crippen molar-refractivity contribution in [3.8, 4) is 33.4 Å². The number of benzene rings is 6. The fraction of sp³-hybridized carbons (Fsp3) is 0.345. The Balaban J connectivity index is 0.986. The highest BCUT2D eigenvalue weighted by molar-refractivity contribution is 5.92. The third-order valence-corrected chi connectivity index (χ3v) is 15.4. The van der Waals surface area contributed by atoms with E-state index in [9.17, 15) is 0 Å². The summed E-state index contributed by atoms with van der Waals surface area (Å²) in [6, 6.07) is 49.9. The molecular weight excluding hydrogens is 675 g/mol. The molecule has 0 spiro atoms. The summed E-state index contributed by atoms with van der Waals surface area (Å²) in [6.45, 7) is 9.65. The molecule has 11 rings (SSSR count). The fourth-order valence-electron chi connectivity index (χ4n) is 12.4. The molecule has 0 aliphatic heterocycles. The van der Waals surface area contributed by atoms with Crippen LogP contribution in [0.1, 0.15) is 131 Å². The first kappa shape index (κ1) is 34.4. The van der Waals surface area contributed by atoms with E-state index in [0.717, 1.165) is 17.8 Å². The molecule has 3 unspecified atom stereocenters. The number of rotatable bonds is 6. The van der Waals surface area contributed by atoms with Crippen LogP contribution in [-0.2, 0) is 10.8 Å². The van der Waals surface area contributed by atoms with Gasteiger partial charge in [-0.2, -0.15) is 0 Å². The summed E-state index contributed by atoms with van der Waals surface area (Å²) in [5.74, 6) is 3.29. The first-order valence-electron chi connectivity index (χ1n) is 21.8. The van der Waals surface area contributed by atoms with E-state index in [4.69, 9.17) is 0 Å². The van der Waals surface area contributed by atoms with Gasteiger partial charge in [-0.15, -0.1) is 0 Å². The van der Waals surface area contributed by atoms with Crippen molar-refractivity contribution in [2.75, 3.05) is 4.90 Å². The lowest BCUT2D eigenvalue weighted by atomic mass is 9.78. The molecule has 5 aliphatic rings. The molecule has 6 aromatic carbocycles. The van der Waals surface area contributed by atoms with Gasteiger partial charge >= 0.3 is 0 Å². The van der Waals surface area contributed by atoms with Crippen LogP contribution in [0.15, 0.2) is 127 Å². The molecule has 0 saturated heterocycles. The van der Waals surface area contributed by atoms with Crippen molar-refractivity contribution in [3.05, 3.63) is 161 Å². The van der Waals surface area contributed by atoms with Crippen molar-refractivity contribution < 1.29 is 0 Å². The molecule has 280 valence electrons. The molecule has 5 aliphatic carbocycles. The minimum atomic E-state index is -0.116. The molecule has 56 heavy (non-hydrogen) atoms. The summed E-state index contributed by atoms with van der Waals surface area (Å²) in [5.41, 5.74) is 20.5. The molecule has 6 aromatic rings. The quantitative estimate of drug-likeness (QED) is 0.165. The minimum Gasteiger partial charge on any atom is -0.310 e. The maximum atomic E-state index is 2.52. The van der Waals surface area contributed by atoms with Crippen LogP contribution >= 0.6 is 0 Å². The average Bonchev–Trinajstić information content (AvgIpc) is 3.99. The van der Waals surface area contributed by atoms with E-state index in [1.807, 2.05) is 0 Å². The molecule has 0 aromatic heterocycles. The second-order valence-electron chi connectivity index (χ2n) is 19.1. The highest BCUT2D eigenvalue weighted by Crippen LogP contribution is 2.56. The van der Waals surface area contributed by atoms with Crippen molar-refractivity contribution in [1.29, 1.82) is 0 Å². The molecule has 1 nitrogen and oxygen atoms in total. The molecule has 0 N–H and O–H groups in total. The normalized spacial score (nSPS) is 22.4. The van der Waals surface area contributed by atoms with Gasteiger partial charge in [0.2, 0.25) is 0 Å². The van der Waals surface area contributed by atoms with Gasteiger partial charge < -0.3 is 4.90 Å². The van der Waals surface area contributed by atoms with Gasteiger partial charge in [-0.3, -0.25) is 0 Å².